The molecule has 0 heterocycles. The van der Waals surface area contributed by atoms with Crippen LogP contribution in [0.2, 0.25) is 0 Å². The van der Waals surface area contributed by atoms with E-state index >= 15 is 0 Å². The molecule has 0 aliphatic heterocycles. The summed E-state index contributed by atoms with van der Waals surface area (Å²) in [7, 11) is -4.13. The monoisotopic (exact) mass is 314 g/mol. The molecule has 64 valence electrons. The summed E-state index contributed by atoms with van der Waals surface area (Å²) in [4.78, 5) is -0.227. The molecule has 0 atom stereocenters. The second kappa shape index (κ2) is 4.66. The van der Waals surface area contributed by atoms with Crippen molar-refractivity contribution in [2.24, 2.45) is 0 Å². The Morgan fingerprint density at radius 3 is 1.83 bits per heavy atom. The van der Waals surface area contributed by atoms with Crippen molar-refractivity contribution in [2.75, 3.05) is 0 Å². The first kappa shape index (κ1) is 12.5. The van der Waals surface area contributed by atoms with E-state index in [2.05, 4.69) is 0 Å². The van der Waals surface area contributed by atoms with E-state index in [9.17, 15) is 8.42 Å². The van der Waals surface area contributed by atoms with Crippen molar-refractivity contribution in [1.82, 2.24) is 0 Å². The molecule has 1 aromatic rings. The van der Waals surface area contributed by atoms with Crippen LogP contribution in [0, 0.1) is 0 Å². The molecule has 1 rings (SSSR count). The average Bonchev–Trinajstić information content (AvgIpc) is 1.86. The number of benzene rings is 1. The van der Waals surface area contributed by atoms with E-state index in [1.54, 1.807) is 0 Å². The van der Waals surface area contributed by atoms with E-state index in [4.69, 9.17) is 9.66 Å². The van der Waals surface area contributed by atoms with E-state index in [0.717, 1.165) is 12.1 Å². The molecule has 0 radical (unpaired) electrons. The molecule has 2 N–H and O–H groups in total. The molecule has 0 aliphatic carbocycles. The Bertz CT molecular complexity index is 342. The van der Waals surface area contributed by atoms with Crippen molar-refractivity contribution in [3.8, 4) is 5.75 Å². The summed E-state index contributed by atoms with van der Waals surface area (Å²) in [5.74, 6) is -0.0441. The van der Waals surface area contributed by atoms with Gasteiger partial charge in [0.1, 0.15) is 5.75 Å². The summed E-state index contributed by atoms with van der Waals surface area (Å²) in [6.45, 7) is 0. The van der Waals surface area contributed by atoms with Crippen LogP contribution < -0.4 is 0 Å². The van der Waals surface area contributed by atoms with Gasteiger partial charge in [0.25, 0.3) is 10.1 Å². The summed E-state index contributed by atoms with van der Waals surface area (Å²) in [5.41, 5.74) is 0. The van der Waals surface area contributed by atoms with E-state index in [0.29, 0.717) is 0 Å². The molecule has 0 unspecified atom stereocenters. The molecular formula is C6H8BaO4S. The Kier molecular flexibility index (Phi) is 4.85. The van der Waals surface area contributed by atoms with E-state index in [-0.39, 0.29) is 59.5 Å². The van der Waals surface area contributed by atoms with Gasteiger partial charge in [-0.05, 0) is 24.3 Å². The van der Waals surface area contributed by atoms with Crippen LogP contribution in [0.4, 0.5) is 0 Å². The third kappa shape index (κ3) is 3.48. The number of aromatic hydroxyl groups is 1. The quantitative estimate of drug-likeness (QED) is 0.552. The van der Waals surface area contributed by atoms with Gasteiger partial charge in [-0.3, -0.25) is 4.55 Å². The third-order valence-corrected chi connectivity index (χ3v) is 2.00. The first-order chi connectivity index (χ1) is 5.00. The topological polar surface area (TPSA) is 74.6 Å². The van der Waals surface area contributed by atoms with E-state index < -0.39 is 10.1 Å². The van der Waals surface area contributed by atoms with Gasteiger partial charge < -0.3 is 5.11 Å². The maximum atomic E-state index is 10.4. The molecule has 0 spiro atoms. The van der Waals surface area contributed by atoms with Gasteiger partial charge in [-0.15, -0.1) is 0 Å². The van der Waals surface area contributed by atoms with Crippen molar-refractivity contribution in [1.29, 1.82) is 0 Å². The molecule has 0 amide bonds. The van der Waals surface area contributed by atoms with Crippen LogP contribution in [0.5, 0.6) is 5.75 Å². The summed E-state index contributed by atoms with van der Waals surface area (Å²) in [6.07, 6.45) is 0. The van der Waals surface area contributed by atoms with Crippen LogP contribution >= 0.6 is 0 Å². The maximum absolute atomic E-state index is 10.4. The fourth-order valence-corrected chi connectivity index (χ4v) is 1.10. The van der Waals surface area contributed by atoms with E-state index in [1.165, 1.54) is 12.1 Å². The molecule has 0 saturated heterocycles. The van der Waals surface area contributed by atoms with Gasteiger partial charge in [0.15, 0.2) is 0 Å². The van der Waals surface area contributed by atoms with Gasteiger partial charge in [-0.1, -0.05) is 0 Å². The Hall–Kier alpha value is 0.501. The van der Waals surface area contributed by atoms with Crippen molar-refractivity contribution >= 4 is 59.0 Å². The molecule has 0 aliphatic rings. The minimum absolute atomic E-state index is 0. The molecule has 0 saturated carbocycles. The second-order valence-corrected chi connectivity index (χ2v) is 3.39. The van der Waals surface area contributed by atoms with Crippen LogP contribution in [-0.4, -0.2) is 67.0 Å². The second-order valence-electron chi connectivity index (χ2n) is 1.97. The van der Waals surface area contributed by atoms with Crippen molar-refractivity contribution in [2.45, 2.75) is 4.90 Å². The zero-order valence-corrected chi connectivity index (χ0v) is 6.25. The molecule has 12 heavy (non-hydrogen) atoms. The third-order valence-electron chi connectivity index (χ3n) is 1.13. The first-order valence-corrected chi connectivity index (χ1v) is 4.21. The number of phenols is 1. The SMILES string of the molecule is O=S(=O)(O)c1ccc(O)cc1.[BaH2]. The van der Waals surface area contributed by atoms with Gasteiger partial charge >= 0.3 is 48.9 Å². The Morgan fingerprint density at radius 1 is 1.08 bits per heavy atom. The summed E-state index contributed by atoms with van der Waals surface area (Å²) in [5, 5.41) is 8.75. The van der Waals surface area contributed by atoms with Crippen LogP contribution in [0.15, 0.2) is 29.2 Å². The van der Waals surface area contributed by atoms with Gasteiger partial charge in [-0.2, -0.15) is 8.42 Å². The number of rotatable bonds is 1. The number of phenolic OH excluding ortho intramolecular Hbond substituents is 1. The van der Waals surface area contributed by atoms with Gasteiger partial charge in [0.2, 0.25) is 0 Å². The molecule has 1 aromatic carbocycles. The molecule has 6 heteroatoms. The summed E-state index contributed by atoms with van der Waals surface area (Å²) in [6, 6.07) is 4.60. The molecule has 0 fully saturated rings. The first-order valence-electron chi connectivity index (χ1n) is 2.77. The van der Waals surface area contributed by atoms with Gasteiger partial charge in [-0.25, -0.2) is 0 Å². The Morgan fingerprint density at radius 2 is 1.50 bits per heavy atom. The van der Waals surface area contributed by atoms with Crippen LogP contribution in [0.1, 0.15) is 0 Å². The standard InChI is InChI=1S/C6H6O4S.Ba.2H/c7-5-1-3-6(4-2-5)11(8,9)10;;;/h1-4,7H,(H,8,9,10);;;. The normalized spacial score (nSPS) is 10.4. The number of hydrogen-bond acceptors (Lipinski definition) is 3. The van der Waals surface area contributed by atoms with Crippen molar-refractivity contribution in [3.05, 3.63) is 24.3 Å². The predicted molar refractivity (Wildman–Crippen MR) is 46.5 cm³/mol. The molecule has 0 bridgehead atoms. The van der Waals surface area contributed by atoms with Crippen LogP contribution in [0.3, 0.4) is 0 Å². The Labute approximate surface area is 110 Å². The zero-order valence-electron chi connectivity index (χ0n) is 5.43. The number of hydrogen-bond donors (Lipinski definition) is 2. The van der Waals surface area contributed by atoms with Crippen LogP contribution in [-0.2, 0) is 10.1 Å². The predicted octanol–water partition coefficient (Wildman–Crippen LogP) is -0.277. The Balaban J connectivity index is 0.00000121. The molecular weight excluding hydrogens is 305 g/mol. The average molecular weight is 314 g/mol. The van der Waals surface area contributed by atoms with E-state index in [1.807, 2.05) is 0 Å². The summed E-state index contributed by atoms with van der Waals surface area (Å²) >= 11 is 0. The fourth-order valence-electron chi connectivity index (χ4n) is 0.618. The van der Waals surface area contributed by atoms with Crippen molar-refractivity contribution in [3.63, 3.8) is 0 Å². The van der Waals surface area contributed by atoms with Crippen molar-refractivity contribution < 1.29 is 18.1 Å². The molecule has 0 aromatic heterocycles. The van der Waals surface area contributed by atoms with Gasteiger partial charge in [0.05, 0.1) is 4.90 Å². The summed E-state index contributed by atoms with van der Waals surface area (Å²) < 4.78 is 29.3. The van der Waals surface area contributed by atoms with Crippen LogP contribution in [0.25, 0.3) is 0 Å². The minimum atomic E-state index is -4.13. The fraction of sp³-hybridized carbons (Fsp3) is 0. The zero-order chi connectivity index (χ0) is 8.48. The van der Waals surface area contributed by atoms with Gasteiger partial charge in [0, 0.05) is 0 Å². The molecule has 4 nitrogen and oxygen atoms in total.